The maximum atomic E-state index is 5.06. The van der Waals surface area contributed by atoms with Gasteiger partial charge in [0.15, 0.2) is 4.77 Å². The molecule has 0 atom stereocenters. The minimum atomic E-state index is 0.690. The van der Waals surface area contributed by atoms with Crippen molar-refractivity contribution in [2.24, 2.45) is 7.05 Å². The van der Waals surface area contributed by atoms with Crippen LogP contribution in [0.25, 0.3) is 0 Å². The van der Waals surface area contributed by atoms with Crippen molar-refractivity contribution in [3.8, 4) is 0 Å². The van der Waals surface area contributed by atoms with Gasteiger partial charge < -0.3 is 9.88 Å². The lowest BCUT2D eigenvalue weighted by Crippen LogP contribution is -2.43. The van der Waals surface area contributed by atoms with Crippen molar-refractivity contribution in [1.82, 2.24) is 25.0 Å². The normalized spacial score (nSPS) is 18.6. The molecule has 0 bridgehead atoms. The van der Waals surface area contributed by atoms with Crippen LogP contribution < -0.4 is 5.32 Å². The summed E-state index contributed by atoms with van der Waals surface area (Å²) in [6.07, 6.45) is 0. The first-order valence-electron chi connectivity index (χ1n) is 4.81. The van der Waals surface area contributed by atoms with Gasteiger partial charge in [0.2, 0.25) is 0 Å². The Labute approximate surface area is 88.1 Å². The molecule has 0 saturated carbocycles. The maximum Gasteiger partial charge on any atom is 0.194 e. The molecule has 2 N–H and O–H groups in total. The number of nitrogens with one attached hydrogen (secondary N) is 2. The smallest absolute Gasteiger partial charge is 0.194 e. The summed E-state index contributed by atoms with van der Waals surface area (Å²) >= 11 is 5.06. The first kappa shape index (κ1) is 9.82. The molecule has 0 aromatic carbocycles. The summed E-state index contributed by atoms with van der Waals surface area (Å²) in [6, 6.07) is 0. The zero-order chi connectivity index (χ0) is 9.97. The number of aromatic amines is 1. The van der Waals surface area contributed by atoms with Crippen LogP contribution in [0.15, 0.2) is 0 Å². The van der Waals surface area contributed by atoms with Gasteiger partial charge in [0.1, 0.15) is 5.82 Å². The molecule has 0 aliphatic carbocycles. The predicted molar refractivity (Wildman–Crippen MR) is 56.5 cm³/mol. The fraction of sp³-hybridized carbons (Fsp3) is 0.750. The highest BCUT2D eigenvalue weighted by atomic mass is 32.1. The lowest BCUT2D eigenvalue weighted by molar-refractivity contribution is 0.225. The number of hydrogen-bond acceptors (Lipinski definition) is 4. The number of rotatable bonds is 2. The molecule has 78 valence electrons. The van der Waals surface area contributed by atoms with Crippen LogP contribution in [0.2, 0.25) is 0 Å². The number of aromatic nitrogens is 3. The lowest BCUT2D eigenvalue weighted by atomic mass is 10.3. The Morgan fingerprint density at radius 2 is 2.14 bits per heavy atom. The highest BCUT2D eigenvalue weighted by Crippen LogP contribution is 2.01. The first-order chi connectivity index (χ1) is 6.77. The van der Waals surface area contributed by atoms with Gasteiger partial charge in [-0.15, -0.1) is 0 Å². The zero-order valence-corrected chi connectivity index (χ0v) is 9.10. The molecule has 0 radical (unpaired) electrons. The van der Waals surface area contributed by atoms with Crippen molar-refractivity contribution in [2.75, 3.05) is 26.2 Å². The van der Waals surface area contributed by atoms with Crippen LogP contribution in [-0.4, -0.2) is 45.8 Å². The van der Waals surface area contributed by atoms with Crippen molar-refractivity contribution in [2.45, 2.75) is 6.54 Å². The summed E-state index contributed by atoms with van der Waals surface area (Å²) in [7, 11) is 1.95. The molecule has 1 aliphatic heterocycles. The van der Waals surface area contributed by atoms with E-state index >= 15 is 0 Å². The van der Waals surface area contributed by atoms with Gasteiger partial charge >= 0.3 is 0 Å². The molecule has 2 rings (SSSR count). The highest BCUT2D eigenvalue weighted by Gasteiger charge is 2.12. The Balaban J connectivity index is 2.02. The molecule has 0 amide bonds. The van der Waals surface area contributed by atoms with Gasteiger partial charge in [-0.3, -0.25) is 10.00 Å². The van der Waals surface area contributed by atoms with Crippen LogP contribution in [0.5, 0.6) is 0 Å². The molecule has 2 heterocycles. The van der Waals surface area contributed by atoms with E-state index in [4.69, 9.17) is 12.2 Å². The lowest BCUT2D eigenvalue weighted by Gasteiger charge is -2.26. The van der Waals surface area contributed by atoms with Gasteiger partial charge in [-0.1, -0.05) is 0 Å². The third-order valence-electron chi connectivity index (χ3n) is 2.55. The molecule has 0 unspecified atom stereocenters. The second-order valence-electron chi connectivity index (χ2n) is 3.53. The monoisotopic (exact) mass is 213 g/mol. The van der Waals surface area contributed by atoms with Crippen molar-refractivity contribution in [3.63, 3.8) is 0 Å². The summed E-state index contributed by atoms with van der Waals surface area (Å²) in [6.45, 7) is 5.17. The number of piperazine rings is 1. The van der Waals surface area contributed by atoms with Crippen LogP contribution in [0.3, 0.4) is 0 Å². The zero-order valence-electron chi connectivity index (χ0n) is 8.29. The van der Waals surface area contributed by atoms with Crippen LogP contribution in [0.4, 0.5) is 0 Å². The summed E-state index contributed by atoms with van der Waals surface area (Å²) in [5.41, 5.74) is 0. The highest BCUT2D eigenvalue weighted by molar-refractivity contribution is 7.71. The number of hydrogen-bond donors (Lipinski definition) is 2. The Kier molecular flexibility index (Phi) is 2.95. The fourth-order valence-electron chi connectivity index (χ4n) is 1.59. The van der Waals surface area contributed by atoms with E-state index in [1.165, 1.54) is 0 Å². The van der Waals surface area contributed by atoms with Crippen LogP contribution in [-0.2, 0) is 13.6 Å². The van der Waals surface area contributed by atoms with E-state index in [-0.39, 0.29) is 0 Å². The second-order valence-corrected chi connectivity index (χ2v) is 3.92. The quantitative estimate of drug-likeness (QED) is 0.673. The molecule has 5 nitrogen and oxygen atoms in total. The number of nitrogens with zero attached hydrogens (tertiary/aromatic N) is 3. The molecule has 6 heteroatoms. The van der Waals surface area contributed by atoms with E-state index in [1.54, 1.807) is 0 Å². The van der Waals surface area contributed by atoms with Gasteiger partial charge in [-0.2, -0.15) is 5.10 Å². The maximum absolute atomic E-state index is 5.06. The summed E-state index contributed by atoms with van der Waals surface area (Å²) in [5.74, 6) is 1.01. The van der Waals surface area contributed by atoms with Gasteiger partial charge in [0.05, 0.1) is 6.54 Å². The number of H-pyrrole nitrogens is 1. The Hall–Kier alpha value is -0.720. The van der Waals surface area contributed by atoms with Crippen molar-refractivity contribution in [1.29, 1.82) is 0 Å². The van der Waals surface area contributed by atoms with E-state index in [2.05, 4.69) is 20.4 Å². The van der Waals surface area contributed by atoms with E-state index in [9.17, 15) is 0 Å². The first-order valence-corrected chi connectivity index (χ1v) is 5.21. The minimum Gasteiger partial charge on any atom is -0.314 e. The molecule has 14 heavy (non-hydrogen) atoms. The Morgan fingerprint density at radius 1 is 1.43 bits per heavy atom. The largest absolute Gasteiger partial charge is 0.314 e. The van der Waals surface area contributed by atoms with Crippen LogP contribution >= 0.6 is 12.2 Å². The third-order valence-corrected chi connectivity index (χ3v) is 2.91. The van der Waals surface area contributed by atoms with E-state index in [0.717, 1.165) is 38.5 Å². The van der Waals surface area contributed by atoms with E-state index in [1.807, 2.05) is 11.6 Å². The molecule has 1 saturated heterocycles. The van der Waals surface area contributed by atoms with Crippen molar-refractivity contribution in [3.05, 3.63) is 10.6 Å². The second kappa shape index (κ2) is 4.20. The van der Waals surface area contributed by atoms with Crippen molar-refractivity contribution >= 4 is 12.2 Å². The molecule has 0 spiro atoms. The SMILES string of the molecule is Cn1c(CN2CCNCC2)n[nH]c1=S. The average molecular weight is 213 g/mol. The minimum absolute atomic E-state index is 0.690. The van der Waals surface area contributed by atoms with Gasteiger partial charge in [0, 0.05) is 33.2 Å². The van der Waals surface area contributed by atoms with Gasteiger partial charge in [-0.25, -0.2) is 0 Å². The topological polar surface area (TPSA) is 48.9 Å². The Bertz CT molecular complexity index is 349. The summed E-state index contributed by atoms with van der Waals surface area (Å²) < 4.78 is 2.62. The molecule has 1 aliphatic rings. The van der Waals surface area contributed by atoms with Crippen LogP contribution in [0.1, 0.15) is 5.82 Å². The van der Waals surface area contributed by atoms with Gasteiger partial charge in [0.25, 0.3) is 0 Å². The molecule has 1 aromatic rings. The van der Waals surface area contributed by atoms with Gasteiger partial charge in [-0.05, 0) is 12.2 Å². The molecule has 1 fully saturated rings. The van der Waals surface area contributed by atoms with Crippen LogP contribution in [0, 0.1) is 4.77 Å². The fourth-order valence-corrected chi connectivity index (χ4v) is 1.74. The molecular formula is C8H15N5S. The Morgan fingerprint density at radius 3 is 2.71 bits per heavy atom. The third kappa shape index (κ3) is 2.02. The predicted octanol–water partition coefficient (Wildman–Crippen LogP) is -0.117. The molecule has 1 aromatic heterocycles. The van der Waals surface area contributed by atoms with E-state index in [0.29, 0.717) is 4.77 Å². The van der Waals surface area contributed by atoms with E-state index < -0.39 is 0 Å². The summed E-state index contributed by atoms with van der Waals surface area (Å²) in [4.78, 5) is 2.38. The standard InChI is InChI=1S/C8H15N5S/c1-12-7(10-11-8(12)14)6-13-4-2-9-3-5-13/h9H,2-6H2,1H3,(H,11,14). The van der Waals surface area contributed by atoms with Crippen molar-refractivity contribution < 1.29 is 0 Å². The summed E-state index contributed by atoms with van der Waals surface area (Å²) in [5, 5.41) is 10.3. The molecular weight excluding hydrogens is 198 g/mol. The average Bonchev–Trinajstić information content (AvgIpc) is 2.52.